The van der Waals surface area contributed by atoms with Crippen LogP contribution < -0.4 is 5.73 Å². The van der Waals surface area contributed by atoms with Gasteiger partial charge in [-0.25, -0.2) is 4.68 Å². The Hall–Kier alpha value is -2.72. The van der Waals surface area contributed by atoms with Crippen LogP contribution in [0.3, 0.4) is 0 Å². The molecular formula is C19H19N3O. The summed E-state index contributed by atoms with van der Waals surface area (Å²) in [5.74, 6) is -0.00143. The van der Waals surface area contributed by atoms with E-state index in [1.54, 1.807) is 17.8 Å². The molecule has 0 fully saturated rings. The summed E-state index contributed by atoms with van der Waals surface area (Å²) in [6.45, 7) is 3.51. The Morgan fingerprint density at radius 2 is 1.74 bits per heavy atom. The maximum atomic E-state index is 12.0. The smallest absolute Gasteiger partial charge is 0.163 e. The van der Waals surface area contributed by atoms with Crippen molar-refractivity contribution in [2.45, 2.75) is 19.9 Å². The number of hydrogen-bond acceptors (Lipinski definition) is 3. The van der Waals surface area contributed by atoms with Crippen molar-refractivity contribution in [3.63, 3.8) is 0 Å². The molecule has 0 bridgehead atoms. The third-order valence-corrected chi connectivity index (χ3v) is 3.82. The summed E-state index contributed by atoms with van der Waals surface area (Å²) in [6, 6.07) is 17.6. The number of Topliss-reactive ketones (excluding diaryl/α,β-unsaturated/α-hetero) is 1. The van der Waals surface area contributed by atoms with Crippen molar-refractivity contribution in [2.24, 2.45) is 5.73 Å². The zero-order valence-corrected chi connectivity index (χ0v) is 13.2. The van der Waals surface area contributed by atoms with E-state index in [1.165, 1.54) is 0 Å². The molecular weight excluding hydrogens is 286 g/mol. The summed E-state index contributed by atoms with van der Waals surface area (Å²) in [4.78, 5) is 12.0. The fourth-order valence-corrected chi connectivity index (χ4v) is 2.50. The van der Waals surface area contributed by atoms with E-state index in [1.807, 2.05) is 61.5 Å². The number of benzene rings is 2. The summed E-state index contributed by atoms with van der Waals surface area (Å²) < 4.78 is 1.74. The van der Waals surface area contributed by atoms with E-state index < -0.39 is 0 Å². The molecule has 4 nitrogen and oxygen atoms in total. The predicted molar refractivity (Wildman–Crippen MR) is 91.6 cm³/mol. The average molecular weight is 305 g/mol. The molecule has 0 amide bonds. The molecule has 2 N–H and O–H groups in total. The molecule has 116 valence electrons. The van der Waals surface area contributed by atoms with Crippen LogP contribution in [-0.4, -0.2) is 15.6 Å². The molecule has 3 aromatic rings. The van der Waals surface area contributed by atoms with E-state index in [9.17, 15) is 4.79 Å². The number of aromatic nitrogens is 2. The topological polar surface area (TPSA) is 60.9 Å². The van der Waals surface area contributed by atoms with Crippen molar-refractivity contribution < 1.29 is 4.79 Å². The lowest BCUT2D eigenvalue weighted by atomic mass is 10.0. The largest absolute Gasteiger partial charge is 0.324 e. The highest BCUT2D eigenvalue weighted by Crippen LogP contribution is 2.25. The van der Waals surface area contributed by atoms with E-state index in [0.717, 1.165) is 16.8 Å². The lowest BCUT2D eigenvalue weighted by Crippen LogP contribution is -2.04. The lowest BCUT2D eigenvalue weighted by molar-refractivity contribution is 0.101. The molecule has 1 heterocycles. The van der Waals surface area contributed by atoms with Crippen LogP contribution >= 0.6 is 0 Å². The van der Waals surface area contributed by atoms with Gasteiger partial charge in [0.2, 0.25) is 0 Å². The first-order valence-corrected chi connectivity index (χ1v) is 7.58. The van der Waals surface area contributed by atoms with E-state index in [0.29, 0.717) is 11.3 Å². The van der Waals surface area contributed by atoms with E-state index in [4.69, 9.17) is 5.73 Å². The Kier molecular flexibility index (Phi) is 4.08. The van der Waals surface area contributed by atoms with E-state index >= 15 is 0 Å². The molecule has 0 aliphatic carbocycles. The van der Waals surface area contributed by atoms with Gasteiger partial charge < -0.3 is 5.73 Å². The summed E-state index contributed by atoms with van der Waals surface area (Å²) in [6.07, 6.45) is 1.78. The molecule has 0 aliphatic heterocycles. The fraction of sp³-hybridized carbons (Fsp3) is 0.158. The van der Waals surface area contributed by atoms with Gasteiger partial charge in [-0.15, -0.1) is 0 Å². The number of ketones is 1. The van der Waals surface area contributed by atoms with Crippen LogP contribution in [0.15, 0.2) is 60.8 Å². The van der Waals surface area contributed by atoms with Gasteiger partial charge in [-0.1, -0.05) is 42.5 Å². The lowest BCUT2D eigenvalue weighted by Gasteiger charge is -2.06. The molecule has 0 radical (unpaired) electrons. The second-order valence-electron chi connectivity index (χ2n) is 5.64. The highest BCUT2D eigenvalue weighted by atomic mass is 16.1. The molecule has 0 aliphatic rings. The number of nitrogens with two attached hydrogens (primary N) is 1. The Labute approximate surface area is 135 Å². The summed E-state index contributed by atoms with van der Waals surface area (Å²) >= 11 is 0. The molecule has 2 aromatic carbocycles. The number of nitrogens with zero attached hydrogens (tertiary/aromatic N) is 2. The van der Waals surface area contributed by atoms with Gasteiger partial charge in [0, 0.05) is 17.8 Å². The molecule has 1 atom stereocenters. The summed E-state index contributed by atoms with van der Waals surface area (Å²) in [7, 11) is 0. The quantitative estimate of drug-likeness (QED) is 0.747. The van der Waals surface area contributed by atoms with Gasteiger partial charge in [0.25, 0.3) is 0 Å². The van der Waals surface area contributed by atoms with Gasteiger partial charge in [0.15, 0.2) is 5.78 Å². The van der Waals surface area contributed by atoms with Gasteiger partial charge in [-0.05, 0) is 31.5 Å². The monoisotopic (exact) mass is 305 g/mol. The van der Waals surface area contributed by atoms with Gasteiger partial charge in [0.1, 0.15) is 5.69 Å². The van der Waals surface area contributed by atoms with Crippen LogP contribution in [0, 0.1) is 0 Å². The van der Waals surface area contributed by atoms with Crippen molar-refractivity contribution in [3.8, 4) is 16.9 Å². The molecule has 3 rings (SSSR count). The van der Waals surface area contributed by atoms with Crippen molar-refractivity contribution in [2.75, 3.05) is 0 Å². The molecule has 0 spiro atoms. The number of carbonyl (C=O) groups excluding carboxylic acids is 1. The second-order valence-corrected chi connectivity index (χ2v) is 5.64. The second kappa shape index (κ2) is 6.18. The van der Waals surface area contributed by atoms with Crippen molar-refractivity contribution in [1.29, 1.82) is 0 Å². The summed E-state index contributed by atoms with van der Waals surface area (Å²) in [5.41, 5.74) is 10.1. The standard InChI is InChI=1S/C19H19N3O/c1-13(20)15-8-10-16(11-9-15)19-18(14(2)23)12-22(21-19)17-6-4-3-5-7-17/h3-13H,20H2,1-2H3. The highest BCUT2D eigenvalue weighted by Gasteiger charge is 2.15. The van der Waals surface area contributed by atoms with Crippen LogP contribution in [0.2, 0.25) is 0 Å². The maximum Gasteiger partial charge on any atom is 0.163 e. The Bertz CT molecular complexity index is 818. The molecule has 1 aromatic heterocycles. The van der Waals surface area contributed by atoms with E-state index in [2.05, 4.69) is 5.10 Å². The van der Waals surface area contributed by atoms with Gasteiger partial charge in [0.05, 0.1) is 11.3 Å². The van der Waals surface area contributed by atoms with Crippen molar-refractivity contribution >= 4 is 5.78 Å². The molecule has 1 unspecified atom stereocenters. The molecule has 23 heavy (non-hydrogen) atoms. The molecule has 0 saturated heterocycles. The predicted octanol–water partition coefficient (Wildman–Crippen LogP) is 3.76. The van der Waals surface area contributed by atoms with Gasteiger partial charge in [-0.3, -0.25) is 4.79 Å². The number of para-hydroxylation sites is 1. The van der Waals surface area contributed by atoms with Crippen LogP contribution in [0.25, 0.3) is 16.9 Å². The SMILES string of the molecule is CC(=O)c1cn(-c2ccccc2)nc1-c1ccc(C(C)N)cc1. The highest BCUT2D eigenvalue weighted by molar-refractivity contribution is 5.99. The first kappa shape index (κ1) is 15.2. The van der Waals surface area contributed by atoms with Crippen LogP contribution in [0.4, 0.5) is 0 Å². The third-order valence-electron chi connectivity index (χ3n) is 3.82. The third kappa shape index (κ3) is 3.07. The van der Waals surface area contributed by atoms with Gasteiger partial charge in [-0.2, -0.15) is 5.10 Å². The van der Waals surface area contributed by atoms with Crippen LogP contribution in [0.5, 0.6) is 0 Å². The maximum absolute atomic E-state index is 12.0. The van der Waals surface area contributed by atoms with Crippen molar-refractivity contribution in [1.82, 2.24) is 9.78 Å². The van der Waals surface area contributed by atoms with Crippen molar-refractivity contribution in [3.05, 3.63) is 71.9 Å². The minimum Gasteiger partial charge on any atom is -0.324 e. The minimum absolute atomic E-state index is 0.00143. The average Bonchev–Trinajstić information content (AvgIpc) is 3.01. The Morgan fingerprint density at radius 1 is 1.09 bits per heavy atom. The number of hydrogen-bond donors (Lipinski definition) is 1. The minimum atomic E-state index is -0.0156. The number of carbonyl (C=O) groups is 1. The Balaban J connectivity index is 2.07. The molecule has 4 heteroatoms. The van der Waals surface area contributed by atoms with Crippen LogP contribution in [0.1, 0.15) is 35.8 Å². The van der Waals surface area contributed by atoms with Gasteiger partial charge >= 0.3 is 0 Å². The molecule has 0 saturated carbocycles. The normalized spacial score (nSPS) is 12.1. The first-order valence-electron chi connectivity index (χ1n) is 7.58. The fourth-order valence-electron chi connectivity index (χ4n) is 2.50. The summed E-state index contributed by atoms with van der Waals surface area (Å²) in [5, 5.41) is 4.61. The Morgan fingerprint density at radius 3 is 2.30 bits per heavy atom. The first-order chi connectivity index (χ1) is 11.1. The zero-order valence-electron chi connectivity index (χ0n) is 13.2. The van der Waals surface area contributed by atoms with Crippen LogP contribution in [-0.2, 0) is 0 Å². The number of rotatable bonds is 4. The van der Waals surface area contributed by atoms with E-state index in [-0.39, 0.29) is 11.8 Å². The zero-order chi connectivity index (χ0) is 16.4.